The quantitative estimate of drug-likeness (QED) is 0.385. The molecule has 2 amide bonds. The fourth-order valence-corrected chi connectivity index (χ4v) is 5.03. The third-order valence-electron chi connectivity index (χ3n) is 5.67. The monoisotopic (exact) mass is 496 g/mol. The van der Waals surface area contributed by atoms with E-state index in [2.05, 4.69) is 5.32 Å². The van der Waals surface area contributed by atoms with Gasteiger partial charge in [-0.15, -0.1) is 11.3 Å². The lowest BCUT2D eigenvalue weighted by Gasteiger charge is -2.21. The first kappa shape index (κ1) is 24.0. The van der Waals surface area contributed by atoms with E-state index in [4.69, 9.17) is 22.1 Å². The number of aldehydes is 1. The standard InChI is InChI=1S/C26H25ClN2O4S/c1-25(2,3)33-24(32)29-20-12-16(22-19(23(28)31)13-21(27)34-22)6-9-18(20)15-4-7-17(8-5-15)26(14-30)10-11-26/h4-9,12-14H,10-11H2,1-3H3,(H2,28,31)(H,29,32). The number of hydrogen-bond donors (Lipinski definition) is 2. The Morgan fingerprint density at radius 1 is 1.09 bits per heavy atom. The second-order valence-electron chi connectivity index (χ2n) is 9.40. The Kier molecular flexibility index (Phi) is 6.27. The van der Waals surface area contributed by atoms with Gasteiger partial charge in [0, 0.05) is 10.4 Å². The number of nitrogens with two attached hydrogens (primary N) is 1. The number of thiophene rings is 1. The van der Waals surface area contributed by atoms with Crippen LogP contribution in [-0.4, -0.2) is 23.9 Å². The van der Waals surface area contributed by atoms with Gasteiger partial charge in [-0.1, -0.05) is 48.0 Å². The molecule has 1 fully saturated rings. The number of anilines is 1. The molecule has 0 bridgehead atoms. The summed E-state index contributed by atoms with van der Waals surface area (Å²) in [7, 11) is 0. The normalized spacial score (nSPS) is 14.4. The molecule has 34 heavy (non-hydrogen) atoms. The molecular weight excluding hydrogens is 472 g/mol. The van der Waals surface area contributed by atoms with E-state index in [1.54, 1.807) is 26.8 Å². The van der Waals surface area contributed by atoms with E-state index in [1.165, 1.54) is 17.4 Å². The Bertz CT molecular complexity index is 1270. The number of benzene rings is 2. The van der Waals surface area contributed by atoms with Crippen molar-refractivity contribution >= 4 is 46.9 Å². The molecule has 0 radical (unpaired) electrons. The summed E-state index contributed by atoms with van der Waals surface area (Å²) >= 11 is 7.39. The van der Waals surface area contributed by atoms with Crippen LogP contribution in [0.2, 0.25) is 4.34 Å². The largest absolute Gasteiger partial charge is 0.444 e. The Morgan fingerprint density at radius 2 is 1.74 bits per heavy atom. The van der Waals surface area contributed by atoms with E-state index >= 15 is 0 Å². The van der Waals surface area contributed by atoms with E-state index in [0.29, 0.717) is 26.0 Å². The molecule has 1 saturated carbocycles. The lowest BCUT2D eigenvalue weighted by molar-refractivity contribution is -0.109. The Morgan fingerprint density at radius 3 is 2.29 bits per heavy atom. The molecule has 0 atom stereocenters. The zero-order valence-corrected chi connectivity index (χ0v) is 20.7. The summed E-state index contributed by atoms with van der Waals surface area (Å²) in [5.41, 5.74) is 8.64. The van der Waals surface area contributed by atoms with Crippen molar-refractivity contribution in [2.45, 2.75) is 44.6 Å². The average molecular weight is 497 g/mol. The molecule has 1 heterocycles. The predicted octanol–water partition coefficient (Wildman–Crippen LogP) is 6.41. The molecule has 2 aromatic carbocycles. The van der Waals surface area contributed by atoms with Crippen LogP contribution in [0.5, 0.6) is 0 Å². The summed E-state index contributed by atoms with van der Waals surface area (Å²) in [5, 5.41) is 2.84. The Labute approximate surface area is 207 Å². The van der Waals surface area contributed by atoms with Crippen LogP contribution in [0.4, 0.5) is 10.5 Å². The minimum atomic E-state index is -0.669. The lowest BCUT2D eigenvalue weighted by atomic mass is 9.94. The first-order valence-corrected chi connectivity index (χ1v) is 12.0. The van der Waals surface area contributed by atoms with Crippen LogP contribution in [0.15, 0.2) is 48.5 Å². The summed E-state index contributed by atoms with van der Waals surface area (Å²) in [6, 6.07) is 14.8. The molecular formula is C26H25ClN2O4S. The average Bonchev–Trinajstić information content (AvgIpc) is 3.47. The molecule has 8 heteroatoms. The molecule has 0 unspecified atom stereocenters. The molecule has 0 saturated heterocycles. The van der Waals surface area contributed by atoms with Gasteiger partial charge in [0.25, 0.3) is 0 Å². The van der Waals surface area contributed by atoms with Gasteiger partial charge in [-0.3, -0.25) is 10.1 Å². The number of nitrogens with one attached hydrogen (secondary N) is 1. The molecule has 1 aromatic heterocycles. The summed E-state index contributed by atoms with van der Waals surface area (Å²) in [5.74, 6) is -0.580. The zero-order valence-electron chi connectivity index (χ0n) is 19.1. The fraction of sp³-hybridized carbons (Fsp3) is 0.269. The predicted molar refractivity (Wildman–Crippen MR) is 136 cm³/mol. The van der Waals surface area contributed by atoms with Crippen LogP contribution in [0, 0.1) is 0 Å². The maximum Gasteiger partial charge on any atom is 0.412 e. The van der Waals surface area contributed by atoms with Crippen molar-refractivity contribution in [3.8, 4) is 21.6 Å². The van der Waals surface area contributed by atoms with Crippen LogP contribution < -0.4 is 11.1 Å². The van der Waals surface area contributed by atoms with E-state index in [1.807, 2.05) is 36.4 Å². The van der Waals surface area contributed by atoms with E-state index < -0.39 is 17.6 Å². The van der Waals surface area contributed by atoms with Gasteiger partial charge in [-0.05, 0) is 62.4 Å². The van der Waals surface area contributed by atoms with Crippen molar-refractivity contribution in [2.24, 2.45) is 5.73 Å². The molecule has 1 aliphatic rings. The number of primary amides is 1. The summed E-state index contributed by atoms with van der Waals surface area (Å²) in [4.78, 5) is 36.6. The van der Waals surface area contributed by atoms with Gasteiger partial charge in [0.15, 0.2) is 0 Å². The van der Waals surface area contributed by atoms with Crippen molar-refractivity contribution in [3.05, 3.63) is 64.0 Å². The fourth-order valence-electron chi connectivity index (χ4n) is 3.80. The van der Waals surface area contributed by atoms with Gasteiger partial charge in [0.1, 0.15) is 11.9 Å². The Balaban J connectivity index is 1.76. The number of halogens is 1. The van der Waals surface area contributed by atoms with Gasteiger partial charge in [-0.2, -0.15) is 0 Å². The molecule has 1 aliphatic carbocycles. The maximum atomic E-state index is 12.6. The van der Waals surface area contributed by atoms with Crippen LogP contribution in [0.3, 0.4) is 0 Å². The number of amides is 2. The van der Waals surface area contributed by atoms with Gasteiger partial charge in [0.2, 0.25) is 5.91 Å². The second-order valence-corrected chi connectivity index (χ2v) is 11.1. The summed E-state index contributed by atoms with van der Waals surface area (Å²) in [6.07, 6.45) is 2.15. The highest BCUT2D eigenvalue weighted by atomic mass is 35.5. The van der Waals surface area contributed by atoms with Gasteiger partial charge in [0.05, 0.1) is 21.0 Å². The highest BCUT2D eigenvalue weighted by Crippen LogP contribution is 2.47. The smallest absolute Gasteiger partial charge is 0.412 e. The number of carbonyl (C=O) groups is 3. The third-order valence-corrected chi connectivity index (χ3v) is 6.98. The van der Waals surface area contributed by atoms with E-state index in [-0.39, 0.29) is 5.41 Å². The SMILES string of the molecule is CC(C)(C)OC(=O)Nc1cc(-c2sc(Cl)cc2C(N)=O)ccc1-c1ccc(C2(C=O)CC2)cc1. The van der Waals surface area contributed by atoms with Crippen molar-refractivity contribution in [3.63, 3.8) is 0 Å². The first-order valence-electron chi connectivity index (χ1n) is 10.8. The van der Waals surface area contributed by atoms with Gasteiger partial charge >= 0.3 is 6.09 Å². The number of ether oxygens (including phenoxy) is 1. The summed E-state index contributed by atoms with van der Waals surface area (Å²) < 4.78 is 5.89. The second kappa shape index (κ2) is 8.89. The van der Waals surface area contributed by atoms with Crippen LogP contribution >= 0.6 is 22.9 Å². The van der Waals surface area contributed by atoms with Gasteiger partial charge < -0.3 is 15.3 Å². The lowest BCUT2D eigenvalue weighted by Crippen LogP contribution is -2.27. The highest BCUT2D eigenvalue weighted by molar-refractivity contribution is 7.19. The van der Waals surface area contributed by atoms with E-state index in [9.17, 15) is 14.4 Å². The Hall–Kier alpha value is -3.16. The molecule has 0 spiro atoms. The molecule has 176 valence electrons. The van der Waals surface area contributed by atoms with Crippen molar-refractivity contribution < 1.29 is 19.1 Å². The minimum Gasteiger partial charge on any atom is -0.444 e. The third kappa shape index (κ3) is 5.00. The van der Waals surface area contributed by atoms with Crippen LogP contribution in [0.1, 0.15) is 49.5 Å². The highest BCUT2D eigenvalue weighted by Gasteiger charge is 2.44. The van der Waals surface area contributed by atoms with Crippen molar-refractivity contribution in [1.29, 1.82) is 0 Å². The summed E-state index contributed by atoms with van der Waals surface area (Å²) in [6.45, 7) is 5.36. The van der Waals surface area contributed by atoms with Crippen LogP contribution in [-0.2, 0) is 14.9 Å². The van der Waals surface area contributed by atoms with Crippen LogP contribution in [0.25, 0.3) is 21.6 Å². The molecule has 6 nitrogen and oxygen atoms in total. The zero-order chi connectivity index (χ0) is 24.7. The topological polar surface area (TPSA) is 98.5 Å². The molecule has 4 rings (SSSR count). The number of hydrogen-bond acceptors (Lipinski definition) is 5. The van der Waals surface area contributed by atoms with Crippen molar-refractivity contribution in [1.82, 2.24) is 0 Å². The molecule has 3 N–H and O–H groups in total. The minimum absolute atomic E-state index is 0.318. The molecule has 3 aromatic rings. The van der Waals surface area contributed by atoms with E-state index in [0.717, 1.165) is 35.8 Å². The van der Waals surface area contributed by atoms with Gasteiger partial charge in [-0.25, -0.2) is 4.79 Å². The number of carbonyl (C=O) groups excluding carboxylic acids is 3. The molecule has 0 aliphatic heterocycles. The van der Waals surface area contributed by atoms with Crippen molar-refractivity contribution in [2.75, 3.05) is 5.32 Å². The first-order chi connectivity index (χ1) is 16.0. The maximum absolute atomic E-state index is 12.6. The number of rotatable bonds is 6.